The van der Waals surface area contributed by atoms with Crippen LogP contribution in [0.15, 0.2) is 0 Å². The van der Waals surface area contributed by atoms with E-state index in [0.717, 1.165) is 18.7 Å². The molecule has 3 N–H and O–H groups in total. The van der Waals surface area contributed by atoms with Crippen LogP contribution in [-0.4, -0.2) is 29.5 Å². The molecule has 0 aromatic rings. The molecule has 2 atom stereocenters. The number of carbonyl (C=O) groups is 1. The summed E-state index contributed by atoms with van der Waals surface area (Å²) >= 11 is 1.89. The van der Waals surface area contributed by atoms with Gasteiger partial charge in [-0.2, -0.15) is 11.8 Å². The van der Waals surface area contributed by atoms with Gasteiger partial charge in [-0.25, -0.2) is 0 Å². The van der Waals surface area contributed by atoms with Crippen molar-refractivity contribution in [2.45, 2.75) is 24.6 Å². The molecule has 0 saturated carbocycles. The average molecular weight is 174 g/mol. The van der Waals surface area contributed by atoms with Crippen molar-refractivity contribution in [2.24, 2.45) is 5.73 Å². The molecule has 2 unspecified atom stereocenters. The zero-order valence-corrected chi connectivity index (χ0v) is 7.49. The molecule has 11 heavy (non-hydrogen) atoms. The Morgan fingerprint density at radius 3 is 3.00 bits per heavy atom. The van der Waals surface area contributed by atoms with Gasteiger partial charge < -0.3 is 11.1 Å². The van der Waals surface area contributed by atoms with Gasteiger partial charge in [0, 0.05) is 11.8 Å². The van der Waals surface area contributed by atoms with Gasteiger partial charge in [-0.1, -0.05) is 6.92 Å². The molecule has 3 nitrogen and oxygen atoms in total. The van der Waals surface area contributed by atoms with Crippen LogP contribution < -0.4 is 11.1 Å². The number of hydrogen-bond donors (Lipinski definition) is 2. The average Bonchev–Trinajstić information content (AvgIpc) is 2.37. The number of primary amides is 1. The van der Waals surface area contributed by atoms with Crippen molar-refractivity contribution in [3.05, 3.63) is 0 Å². The molecular formula is C7H14N2OS. The smallest absolute Gasteiger partial charge is 0.234 e. The summed E-state index contributed by atoms with van der Waals surface area (Å²) in [5.74, 6) is 0.891. The van der Waals surface area contributed by atoms with Gasteiger partial charge >= 0.3 is 0 Å². The number of thioether (sulfide) groups is 1. The predicted octanol–water partition coefficient (Wildman–Crippen LogP) is -0.0447. The summed E-state index contributed by atoms with van der Waals surface area (Å²) in [6.45, 7) is 3.05. The predicted molar refractivity (Wildman–Crippen MR) is 47.5 cm³/mol. The molecule has 1 fully saturated rings. The SMILES string of the molecule is CCSC1CNC(C(N)=O)C1. The summed E-state index contributed by atoms with van der Waals surface area (Å²) in [5, 5.41) is 3.68. The van der Waals surface area contributed by atoms with E-state index in [1.165, 1.54) is 0 Å². The van der Waals surface area contributed by atoms with Gasteiger partial charge in [-0.3, -0.25) is 4.79 Å². The van der Waals surface area contributed by atoms with Crippen LogP contribution >= 0.6 is 11.8 Å². The van der Waals surface area contributed by atoms with Crippen LogP contribution in [0.3, 0.4) is 0 Å². The molecule has 0 bridgehead atoms. The van der Waals surface area contributed by atoms with Crippen LogP contribution in [0.25, 0.3) is 0 Å². The number of rotatable bonds is 3. The number of nitrogens with two attached hydrogens (primary N) is 1. The van der Waals surface area contributed by atoms with Gasteiger partial charge in [0.15, 0.2) is 0 Å². The number of amides is 1. The molecule has 0 aliphatic carbocycles. The standard InChI is InChI=1S/C7H14N2OS/c1-2-11-5-3-6(7(8)10)9-4-5/h5-6,9H,2-4H2,1H3,(H2,8,10). The van der Waals surface area contributed by atoms with Gasteiger partial charge in [0.05, 0.1) is 6.04 Å². The third kappa shape index (κ3) is 2.38. The van der Waals surface area contributed by atoms with Crippen LogP contribution in [0.4, 0.5) is 0 Å². The Balaban J connectivity index is 2.29. The number of carbonyl (C=O) groups excluding carboxylic acids is 1. The number of nitrogens with one attached hydrogen (secondary N) is 1. The summed E-state index contributed by atoms with van der Waals surface area (Å²) < 4.78 is 0. The lowest BCUT2D eigenvalue weighted by molar-refractivity contribution is -0.119. The molecule has 1 amide bonds. The Hall–Kier alpha value is -0.220. The zero-order chi connectivity index (χ0) is 8.27. The van der Waals surface area contributed by atoms with Gasteiger partial charge in [-0.05, 0) is 12.2 Å². The molecule has 1 aliphatic heterocycles. The molecule has 1 aliphatic rings. The minimum Gasteiger partial charge on any atom is -0.368 e. The lowest BCUT2D eigenvalue weighted by Crippen LogP contribution is -2.36. The van der Waals surface area contributed by atoms with E-state index in [0.29, 0.717) is 5.25 Å². The Morgan fingerprint density at radius 2 is 2.55 bits per heavy atom. The molecule has 4 heteroatoms. The first-order chi connectivity index (χ1) is 5.24. The summed E-state index contributed by atoms with van der Waals surface area (Å²) in [5.41, 5.74) is 5.15. The molecule has 0 radical (unpaired) electrons. The molecule has 0 aromatic heterocycles. The number of hydrogen-bond acceptors (Lipinski definition) is 3. The largest absolute Gasteiger partial charge is 0.368 e. The summed E-state index contributed by atoms with van der Waals surface area (Å²) in [4.78, 5) is 10.7. The van der Waals surface area contributed by atoms with Crippen molar-refractivity contribution in [1.29, 1.82) is 0 Å². The van der Waals surface area contributed by atoms with Gasteiger partial charge in [0.1, 0.15) is 0 Å². The fraction of sp³-hybridized carbons (Fsp3) is 0.857. The molecule has 64 valence electrons. The van der Waals surface area contributed by atoms with Crippen molar-refractivity contribution < 1.29 is 4.79 Å². The summed E-state index contributed by atoms with van der Waals surface area (Å²) in [7, 11) is 0. The second-order valence-electron chi connectivity index (χ2n) is 2.68. The van der Waals surface area contributed by atoms with Crippen LogP contribution in [0.2, 0.25) is 0 Å². The van der Waals surface area contributed by atoms with E-state index in [-0.39, 0.29) is 11.9 Å². The van der Waals surface area contributed by atoms with E-state index in [1.807, 2.05) is 11.8 Å². The molecule has 1 saturated heterocycles. The van der Waals surface area contributed by atoms with Crippen LogP contribution in [0.5, 0.6) is 0 Å². The maximum absolute atomic E-state index is 10.7. The maximum Gasteiger partial charge on any atom is 0.234 e. The lowest BCUT2D eigenvalue weighted by atomic mass is 10.2. The molecule has 1 rings (SSSR count). The first kappa shape index (κ1) is 8.87. The maximum atomic E-state index is 10.7. The topological polar surface area (TPSA) is 55.1 Å². The van der Waals surface area contributed by atoms with Crippen molar-refractivity contribution in [2.75, 3.05) is 12.3 Å². The third-order valence-corrected chi connectivity index (χ3v) is 3.00. The van der Waals surface area contributed by atoms with Crippen molar-refractivity contribution in [3.63, 3.8) is 0 Å². The van der Waals surface area contributed by atoms with Crippen molar-refractivity contribution in [3.8, 4) is 0 Å². The highest BCUT2D eigenvalue weighted by molar-refractivity contribution is 7.99. The monoisotopic (exact) mass is 174 g/mol. The second kappa shape index (κ2) is 3.97. The molecule has 0 aromatic carbocycles. The lowest BCUT2D eigenvalue weighted by Gasteiger charge is -2.04. The Labute approximate surface area is 71.1 Å². The zero-order valence-electron chi connectivity index (χ0n) is 6.67. The minimum absolute atomic E-state index is 0.0842. The van der Waals surface area contributed by atoms with E-state index in [9.17, 15) is 4.79 Å². The van der Waals surface area contributed by atoms with E-state index < -0.39 is 0 Å². The summed E-state index contributed by atoms with van der Waals surface area (Å²) in [6.07, 6.45) is 0.897. The minimum atomic E-state index is -0.218. The highest BCUT2D eigenvalue weighted by Crippen LogP contribution is 2.20. The molecule has 0 spiro atoms. The van der Waals surface area contributed by atoms with Crippen molar-refractivity contribution in [1.82, 2.24) is 5.32 Å². The van der Waals surface area contributed by atoms with E-state index in [4.69, 9.17) is 5.73 Å². The Morgan fingerprint density at radius 1 is 1.82 bits per heavy atom. The quantitative estimate of drug-likeness (QED) is 0.631. The highest BCUT2D eigenvalue weighted by atomic mass is 32.2. The van der Waals surface area contributed by atoms with Crippen LogP contribution in [0.1, 0.15) is 13.3 Å². The van der Waals surface area contributed by atoms with E-state index >= 15 is 0 Å². The third-order valence-electron chi connectivity index (χ3n) is 1.84. The normalized spacial score (nSPS) is 30.6. The summed E-state index contributed by atoms with van der Waals surface area (Å²) in [6, 6.07) is -0.0842. The fourth-order valence-electron chi connectivity index (χ4n) is 1.28. The second-order valence-corrected chi connectivity index (χ2v) is 4.25. The molecule has 1 heterocycles. The van der Waals surface area contributed by atoms with Crippen LogP contribution in [-0.2, 0) is 4.79 Å². The fourth-order valence-corrected chi connectivity index (χ4v) is 2.30. The Kier molecular flexibility index (Phi) is 3.20. The van der Waals surface area contributed by atoms with Gasteiger partial charge in [-0.15, -0.1) is 0 Å². The van der Waals surface area contributed by atoms with Gasteiger partial charge in [0.2, 0.25) is 5.91 Å². The highest BCUT2D eigenvalue weighted by Gasteiger charge is 2.27. The molecular weight excluding hydrogens is 160 g/mol. The van der Waals surface area contributed by atoms with Crippen molar-refractivity contribution >= 4 is 17.7 Å². The van der Waals surface area contributed by atoms with E-state index in [1.54, 1.807) is 0 Å². The first-order valence-corrected chi connectivity index (χ1v) is 4.93. The first-order valence-electron chi connectivity index (χ1n) is 3.88. The van der Waals surface area contributed by atoms with Gasteiger partial charge in [0.25, 0.3) is 0 Å². The van der Waals surface area contributed by atoms with E-state index in [2.05, 4.69) is 12.2 Å². The van der Waals surface area contributed by atoms with Crippen LogP contribution in [0, 0.1) is 0 Å². The Bertz CT molecular complexity index is 151.